The minimum absolute atomic E-state index is 0.300. The Balaban J connectivity index is 2.56. The molecule has 0 heterocycles. The molecular formula is C14H22BrNO. The monoisotopic (exact) mass is 299 g/mol. The zero-order chi connectivity index (χ0) is 12.7. The van der Waals surface area contributed by atoms with Crippen LogP contribution in [0.2, 0.25) is 0 Å². The highest BCUT2D eigenvalue weighted by Crippen LogP contribution is 2.14. The first-order chi connectivity index (χ1) is 8.15. The van der Waals surface area contributed by atoms with Gasteiger partial charge in [-0.2, -0.15) is 0 Å². The molecule has 0 fully saturated rings. The predicted octanol–water partition coefficient (Wildman–Crippen LogP) is 3.39. The largest absolute Gasteiger partial charge is 0.382 e. The van der Waals surface area contributed by atoms with Gasteiger partial charge in [-0.05, 0) is 44.0 Å². The zero-order valence-electron chi connectivity index (χ0n) is 10.9. The summed E-state index contributed by atoms with van der Waals surface area (Å²) in [5, 5.41) is 3.52. The molecule has 0 aromatic heterocycles. The molecule has 1 N–H and O–H groups in total. The number of rotatable bonds is 7. The third kappa shape index (κ3) is 5.66. The average molecular weight is 300 g/mol. The lowest BCUT2D eigenvalue weighted by molar-refractivity contribution is 0.101. The van der Waals surface area contributed by atoms with Gasteiger partial charge in [0.15, 0.2) is 0 Å². The molecule has 1 aromatic carbocycles. The molecule has 0 aliphatic carbocycles. The summed E-state index contributed by atoms with van der Waals surface area (Å²) in [4.78, 5) is 0. The van der Waals surface area contributed by atoms with E-state index < -0.39 is 0 Å². The predicted molar refractivity (Wildman–Crippen MR) is 76.4 cm³/mol. The smallest absolute Gasteiger partial charge is 0.0558 e. The molecule has 0 saturated heterocycles. The van der Waals surface area contributed by atoms with Crippen LogP contribution in [0.1, 0.15) is 25.8 Å². The van der Waals surface area contributed by atoms with Crippen LogP contribution < -0.4 is 5.32 Å². The summed E-state index contributed by atoms with van der Waals surface area (Å²) >= 11 is 3.46. The van der Waals surface area contributed by atoms with Crippen molar-refractivity contribution in [2.75, 3.05) is 13.7 Å². The van der Waals surface area contributed by atoms with Crippen molar-refractivity contribution in [3.63, 3.8) is 0 Å². The fraction of sp³-hybridized carbons (Fsp3) is 0.571. The van der Waals surface area contributed by atoms with Crippen molar-refractivity contribution < 1.29 is 4.74 Å². The lowest BCUT2D eigenvalue weighted by Crippen LogP contribution is -2.34. The molecule has 17 heavy (non-hydrogen) atoms. The molecule has 96 valence electrons. The van der Waals surface area contributed by atoms with E-state index in [0.717, 1.165) is 23.9 Å². The highest BCUT2D eigenvalue weighted by Gasteiger charge is 2.12. The Morgan fingerprint density at radius 2 is 1.94 bits per heavy atom. The van der Waals surface area contributed by atoms with E-state index in [0.29, 0.717) is 12.1 Å². The molecule has 0 amide bonds. The molecule has 0 radical (unpaired) electrons. The Hall–Kier alpha value is -0.380. The van der Waals surface area contributed by atoms with Crippen molar-refractivity contribution in [2.24, 2.45) is 0 Å². The summed E-state index contributed by atoms with van der Waals surface area (Å²) < 4.78 is 6.47. The number of methoxy groups -OCH3 is 1. The third-order valence-corrected chi connectivity index (χ3v) is 3.44. The van der Waals surface area contributed by atoms with Gasteiger partial charge in [0.05, 0.1) is 6.10 Å². The maximum absolute atomic E-state index is 5.34. The minimum Gasteiger partial charge on any atom is -0.382 e. The molecule has 2 nitrogen and oxygen atoms in total. The van der Waals surface area contributed by atoms with Crippen LogP contribution in [0.3, 0.4) is 0 Å². The Kier molecular flexibility index (Phi) is 6.78. The van der Waals surface area contributed by atoms with Gasteiger partial charge in [0.2, 0.25) is 0 Å². The fourth-order valence-corrected chi connectivity index (χ4v) is 2.19. The Labute approximate surface area is 113 Å². The Morgan fingerprint density at radius 1 is 1.29 bits per heavy atom. The van der Waals surface area contributed by atoms with Crippen molar-refractivity contribution >= 4 is 15.9 Å². The van der Waals surface area contributed by atoms with Gasteiger partial charge in [0.25, 0.3) is 0 Å². The van der Waals surface area contributed by atoms with Crippen molar-refractivity contribution in [3.05, 3.63) is 34.3 Å². The van der Waals surface area contributed by atoms with E-state index in [9.17, 15) is 0 Å². The van der Waals surface area contributed by atoms with Crippen molar-refractivity contribution in [3.8, 4) is 0 Å². The van der Waals surface area contributed by atoms with Crippen LogP contribution in [0.5, 0.6) is 0 Å². The molecule has 1 rings (SSSR count). The number of nitrogens with one attached hydrogen (secondary N) is 1. The maximum Gasteiger partial charge on any atom is 0.0558 e. The van der Waals surface area contributed by atoms with Gasteiger partial charge >= 0.3 is 0 Å². The summed E-state index contributed by atoms with van der Waals surface area (Å²) in [6, 6.07) is 9.02. The summed E-state index contributed by atoms with van der Waals surface area (Å²) in [5.41, 5.74) is 1.36. The molecular weight excluding hydrogens is 278 g/mol. The maximum atomic E-state index is 5.34. The number of likely N-dealkylation sites (N-methyl/N-ethyl adjacent to an activating group) is 1. The first kappa shape index (κ1) is 14.7. The molecule has 3 heteroatoms. The van der Waals surface area contributed by atoms with Gasteiger partial charge in [-0.15, -0.1) is 0 Å². The van der Waals surface area contributed by atoms with Gasteiger partial charge in [-0.3, -0.25) is 0 Å². The highest BCUT2D eigenvalue weighted by molar-refractivity contribution is 9.10. The second-order valence-electron chi connectivity index (χ2n) is 4.37. The van der Waals surface area contributed by atoms with E-state index in [-0.39, 0.29) is 0 Å². The van der Waals surface area contributed by atoms with E-state index in [4.69, 9.17) is 4.74 Å². The summed E-state index contributed by atoms with van der Waals surface area (Å²) in [7, 11) is 1.77. The van der Waals surface area contributed by atoms with E-state index >= 15 is 0 Å². The van der Waals surface area contributed by atoms with Crippen LogP contribution in [-0.4, -0.2) is 25.8 Å². The quantitative estimate of drug-likeness (QED) is 0.833. The van der Waals surface area contributed by atoms with Crippen LogP contribution in [-0.2, 0) is 11.2 Å². The molecule has 0 aliphatic rings. The number of ether oxygens (including phenoxy) is 1. The zero-order valence-corrected chi connectivity index (χ0v) is 12.5. The first-order valence-corrected chi connectivity index (χ1v) is 6.95. The van der Waals surface area contributed by atoms with Crippen LogP contribution in [0.25, 0.3) is 0 Å². The van der Waals surface area contributed by atoms with Crippen molar-refractivity contribution in [1.82, 2.24) is 5.32 Å². The number of hydrogen-bond acceptors (Lipinski definition) is 2. The molecule has 0 bridgehead atoms. The molecule has 1 aromatic rings. The number of halogens is 1. The summed E-state index contributed by atoms with van der Waals surface area (Å²) in [6.07, 6.45) is 2.39. The second kappa shape index (κ2) is 7.85. The molecule has 0 spiro atoms. The van der Waals surface area contributed by atoms with Crippen molar-refractivity contribution in [1.29, 1.82) is 0 Å². The summed E-state index contributed by atoms with van der Waals surface area (Å²) in [5.74, 6) is 0. The van der Waals surface area contributed by atoms with Crippen molar-refractivity contribution in [2.45, 2.75) is 38.8 Å². The topological polar surface area (TPSA) is 21.3 Å². The van der Waals surface area contributed by atoms with Crippen LogP contribution in [0, 0.1) is 0 Å². The average Bonchev–Trinajstić information content (AvgIpc) is 2.32. The molecule has 0 aliphatic heterocycles. The molecule has 2 atom stereocenters. The van der Waals surface area contributed by atoms with E-state index in [1.54, 1.807) is 7.11 Å². The first-order valence-electron chi connectivity index (χ1n) is 6.16. The third-order valence-electron chi connectivity index (χ3n) is 2.91. The Morgan fingerprint density at radius 3 is 2.47 bits per heavy atom. The lowest BCUT2D eigenvalue weighted by atomic mass is 10.0. The normalized spacial score (nSPS) is 14.6. The number of benzene rings is 1. The second-order valence-corrected chi connectivity index (χ2v) is 5.28. The molecule has 2 unspecified atom stereocenters. The lowest BCUT2D eigenvalue weighted by Gasteiger charge is -2.21. The summed E-state index contributed by atoms with van der Waals surface area (Å²) in [6.45, 7) is 5.26. The van der Waals surface area contributed by atoms with Gasteiger partial charge in [0, 0.05) is 17.6 Å². The standard InChI is InChI=1S/C14H22BrNO/c1-4-16-14(9-11(2)17-3)10-12-5-7-13(15)8-6-12/h5-8,11,14,16H,4,9-10H2,1-3H3. The van der Waals surface area contributed by atoms with Gasteiger partial charge < -0.3 is 10.1 Å². The van der Waals surface area contributed by atoms with E-state index in [1.165, 1.54) is 5.56 Å². The minimum atomic E-state index is 0.300. The van der Waals surface area contributed by atoms with Crippen LogP contribution in [0.4, 0.5) is 0 Å². The highest BCUT2D eigenvalue weighted by atomic mass is 79.9. The Bertz CT molecular complexity index is 313. The van der Waals surface area contributed by atoms with Crippen LogP contribution >= 0.6 is 15.9 Å². The van der Waals surface area contributed by atoms with Gasteiger partial charge in [0.1, 0.15) is 0 Å². The van der Waals surface area contributed by atoms with E-state index in [2.05, 4.69) is 59.4 Å². The molecule has 0 saturated carbocycles. The van der Waals surface area contributed by atoms with E-state index in [1.807, 2.05) is 0 Å². The number of hydrogen-bond donors (Lipinski definition) is 1. The SMILES string of the molecule is CCNC(Cc1ccc(Br)cc1)CC(C)OC. The van der Waals surface area contributed by atoms with Crippen LogP contribution in [0.15, 0.2) is 28.7 Å². The van der Waals surface area contributed by atoms with Gasteiger partial charge in [-0.1, -0.05) is 35.0 Å². The van der Waals surface area contributed by atoms with Gasteiger partial charge in [-0.25, -0.2) is 0 Å². The fourth-order valence-electron chi connectivity index (χ4n) is 1.93.